The van der Waals surface area contributed by atoms with E-state index in [9.17, 15) is 0 Å². The van der Waals surface area contributed by atoms with Crippen LogP contribution in [0, 0.1) is 0 Å². The molecule has 1 aliphatic heterocycles. The SMILES string of the molecule is Nc1ccc(CN2Cc3cc(Cl)c4c(Cl)c[nH]c4c3NS2)cc1. The molecule has 118 valence electrons. The number of nitrogens with one attached hydrogen (secondary N) is 2. The van der Waals surface area contributed by atoms with Gasteiger partial charge in [0.05, 0.1) is 21.2 Å². The number of nitrogens with two attached hydrogens (primary N) is 1. The molecule has 23 heavy (non-hydrogen) atoms. The van der Waals surface area contributed by atoms with Crippen LogP contribution in [-0.4, -0.2) is 9.29 Å². The highest BCUT2D eigenvalue weighted by molar-refractivity contribution is 7.98. The molecule has 0 saturated heterocycles. The lowest BCUT2D eigenvalue weighted by molar-refractivity contribution is 0.461. The third-order valence-corrected chi connectivity index (χ3v) is 5.31. The number of aromatic nitrogens is 1. The van der Waals surface area contributed by atoms with E-state index in [1.165, 1.54) is 5.56 Å². The van der Waals surface area contributed by atoms with Crippen LogP contribution in [0.5, 0.6) is 0 Å². The summed E-state index contributed by atoms with van der Waals surface area (Å²) in [5.74, 6) is 0. The fourth-order valence-electron chi connectivity index (χ4n) is 2.78. The summed E-state index contributed by atoms with van der Waals surface area (Å²) in [6.45, 7) is 1.61. The van der Waals surface area contributed by atoms with Crippen molar-refractivity contribution in [2.24, 2.45) is 0 Å². The first-order valence-electron chi connectivity index (χ1n) is 7.12. The van der Waals surface area contributed by atoms with Crippen molar-refractivity contribution >= 4 is 57.6 Å². The van der Waals surface area contributed by atoms with E-state index in [-0.39, 0.29) is 0 Å². The third-order valence-electron chi connectivity index (χ3n) is 3.91. The second kappa shape index (κ2) is 5.83. The fourth-order valence-corrected chi connectivity index (χ4v) is 4.27. The summed E-state index contributed by atoms with van der Waals surface area (Å²) < 4.78 is 5.63. The van der Waals surface area contributed by atoms with Gasteiger partial charge in [0.15, 0.2) is 0 Å². The molecule has 0 saturated carbocycles. The number of benzene rings is 2. The quantitative estimate of drug-likeness (QED) is 0.440. The summed E-state index contributed by atoms with van der Waals surface area (Å²) in [5.41, 5.74) is 10.9. The normalized spacial score (nSPS) is 14.7. The number of hydrogen-bond donors (Lipinski definition) is 3. The second-order valence-corrected chi connectivity index (χ2v) is 7.23. The molecule has 4 N–H and O–H groups in total. The van der Waals surface area contributed by atoms with Gasteiger partial charge in [-0.2, -0.15) is 0 Å². The van der Waals surface area contributed by atoms with Crippen molar-refractivity contribution in [3.8, 4) is 0 Å². The van der Waals surface area contributed by atoms with Gasteiger partial charge in [-0.1, -0.05) is 35.3 Å². The highest BCUT2D eigenvalue weighted by Gasteiger charge is 2.22. The topological polar surface area (TPSA) is 57.1 Å². The number of rotatable bonds is 2. The van der Waals surface area contributed by atoms with Crippen molar-refractivity contribution in [3.05, 3.63) is 57.7 Å². The lowest BCUT2D eigenvalue weighted by Crippen LogP contribution is -2.22. The van der Waals surface area contributed by atoms with Crippen LogP contribution in [0.1, 0.15) is 11.1 Å². The average molecular weight is 365 g/mol. The van der Waals surface area contributed by atoms with Crippen molar-refractivity contribution in [1.82, 2.24) is 9.29 Å². The Morgan fingerprint density at radius 2 is 1.96 bits per heavy atom. The number of nitrogen functional groups attached to an aromatic ring is 1. The summed E-state index contributed by atoms with van der Waals surface area (Å²) in [5, 5.41) is 2.18. The lowest BCUT2D eigenvalue weighted by atomic mass is 10.1. The zero-order chi connectivity index (χ0) is 16.0. The number of fused-ring (bicyclic) bond motifs is 3. The minimum atomic E-state index is 0.643. The Morgan fingerprint density at radius 1 is 1.17 bits per heavy atom. The lowest BCUT2D eigenvalue weighted by Gasteiger charge is -2.28. The molecule has 0 atom stereocenters. The molecule has 1 aliphatic rings. The van der Waals surface area contributed by atoms with Crippen molar-refractivity contribution in [2.75, 3.05) is 10.5 Å². The van der Waals surface area contributed by atoms with Gasteiger partial charge in [0.2, 0.25) is 0 Å². The van der Waals surface area contributed by atoms with Crippen LogP contribution in [-0.2, 0) is 13.1 Å². The number of hydrogen-bond acceptors (Lipinski definition) is 4. The smallest absolute Gasteiger partial charge is 0.0742 e. The van der Waals surface area contributed by atoms with Gasteiger partial charge in [-0.25, -0.2) is 4.31 Å². The Hall–Kier alpha value is -1.53. The molecule has 0 fully saturated rings. The van der Waals surface area contributed by atoms with E-state index >= 15 is 0 Å². The van der Waals surface area contributed by atoms with Gasteiger partial charge < -0.3 is 15.4 Å². The van der Waals surface area contributed by atoms with Crippen molar-refractivity contribution in [3.63, 3.8) is 0 Å². The predicted molar refractivity (Wildman–Crippen MR) is 99.6 cm³/mol. The van der Waals surface area contributed by atoms with Crippen LogP contribution in [0.2, 0.25) is 10.0 Å². The highest BCUT2D eigenvalue weighted by atomic mass is 35.5. The van der Waals surface area contributed by atoms with E-state index in [0.717, 1.165) is 40.9 Å². The molecule has 3 aromatic rings. The summed E-state index contributed by atoms with van der Waals surface area (Å²) in [6, 6.07) is 9.93. The molecule has 0 radical (unpaired) electrons. The third kappa shape index (κ3) is 2.74. The molecule has 2 aromatic carbocycles. The van der Waals surface area contributed by atoms with E-state index in [2.05, 4.69) is 14.0 Å². The van der Waals surface area contributed by atoms with Crippen molar-refractivity contribution in [1.29, 1.82) is 0 Å². The molecule has 0 aliphatic carbocycles. The van der Waals surface area contributed by atoms with Crippen molar-refractivity contribution < 1.29 is 0 Å². The van der Waals surface area contributed by atoms with E-state index < -0.39 is 0 Å². The maximum atomic E-state index is 6.39. The molecule has 7 heteroatoms. The number of halogens is 2. The Bertz CT molecular complexity index is 876. The summed E-state index contributed by atoms with van der Waals surface area (Å²) in [4.78, 5) is 3.20. The molecular formula is C16H14Cl2N4S. The minimum absolute atomic E-state index is 0.643. The first-order chi connectivity index (χ1) is 11.1. The van der Waals surface area contributed by atoms with E-state index in [1.54, 1.807) is 18.3 Å². The van der Waals surface area contributed by atoms with Crippen LogP contribution in [0.4, 0.5) is 11.4 Å². The zero-order valence-corrected chi connectivity index (χ0v) is 14.4. The van der Waals surface area contributed by atoms with E-state index in [0.29, 0.717) is 10.0 Å². The maximum Gasteiger partial charge on any atom is 0.0742 e. The summed E-state index contributed by atoms with van der Waals surface area (Å²) >= 11 is 14.2. The number of H-pyrrole nitrogens is 1. The average Bonchev–Trinajstić information content (AvgIpc) is 2.92. The highest BCUT2D eigenvalue weighted by Crippen LogP contribution is 2.41. The van der Waals surface area contributed by atoms with Crippen LogP contribution >= 0.6 is 35.3 Å². The van der Waals surface area contributed by atoms with Gasteiger partial charge in [-0.15, -0.1) is 0 Å². The second-order valence-electron chi connectivity index (χ2n) is 5.51. The first kappa shape index (κ1) is 15.0. The molecule has 2 heterocycles. The van der Waals surface area contributed by atoms with Gasteiger partial charge in [-0.05, 0) is 29.3 Å². The predicted octanol–water partition coefficient (Wildman–Crippen LogP) is 5.05. The molecule has 1 aromatic heterocycles. The Balaban J connectivity index is 1.63. The largest absolute Gasteiger partial charge is 0.399 e. The van der Waals surface area contributed by atoms with Crippen LogP contribution < -0.4 is 10.5 Å². The Morgan fingerprint density at radius 3 is 2.74 bits per heavy atom. The number of aromatic amines is 1. The molecular weight excluding hydrogens is 351 g/mol. The monoisotopic (exact) mass is 364 g/mol. The first-order valence-corrected chi connectivity index (χ1v) is 8.65. The molecule has 4 rings (SSSR count). The van der Waals surface area contributed by atoms with Crippen LogP contribution in [0.3, 0.4) is 0 Å². The maximum absolute atomic E-state index is 6.39. The van der Waals surface area contributed by atoms with Crippen LogP contribution in [0.25, 0.3) is 10.9 Å². The molecule has 0 bridgehead atoms. The minimum Gasteiger partial charge on any atom is -0.399 e. The molecule has 0 amide bonds. The van der Waals surface area contributed by atoms with Gasteiger partial charge in [-0.3, -0.25) is 0 Å². The molecule has 4 nitrogen and oxygen atoms in total. The Kier molecular flexibility index (Phi) is 3.81. The fraction of sp³-hybridized carbons (Fsp3) is 0.125. The zero-order valence-electron chi connectivity index (χ0n) is 12.1. The standard InChI is InChI=1S/C16H14Cl2N4S/c17-12-5-10-8-22(7-9-1-3-11(19)4-2-9)23-21-15(10)16-14(12)13(18)6-20-16/h1-6,20-21H,7-8,19H2. The number of anilines is 2. The molecule has 0 spiro atoms. The van der Waals surface area contributed by atoms with Crippen molar-refractivity contribution in [2.45, 2.75) is 13.1 Å². The molecule has 0 unspecified atom stereocenters. The van der Waals surface area contributed by atoms with E-state index in [1.807, 2.05) is 30.3 Å². The van der Waals surface area contributed by atoms with Gasteiger partial charge in [0.1, 0.15) is 0 Å². The van der Waals surface area contributed by atoms with Crippen LogP contribution in [0.15, 0.2) is 36.5 Å². The Labute approximate surface area is 148 Å². The van der Waals surface area contributed by atoms with Gasteiger partial charge in [0, 0.05) is 42.5 Å². The van der Waals surface area contributed by atoms with E-state index in [4.69, 9.17) is 28.9 Å². The van der Waals surface area contributed by atoms with Gasteiger partial charge >= 0.3 is 0 Å². The summed E-state index contributed by atoms with van der Waals surface area (Å²) in [6.07, 6.45) is 1.77. The van der Waals surface area contributed by atoms with Gasteiger partial charge in [0.25, 0.3) is 0 Å². The summed E-state index contributed by atoms with van der Waals surface area (Å²) in [7, 11) is 0. The number of nitrogens with zero attached hydrogens (tertiary/aromatic N) is 1.